The van der Waals surface area contributed by atoms with Gasteiger partial charge in [-0.3, -0.25) is 4.79 Å². The number of amides is 1. The molecule has 9 nitrogen and oxygen atoms in total. The molecule has 0 saturated heterocycles. The number of carbonyl (C=O) groups is 2. The summed E-state index contributed by atoms with van der Waals surface area (Å²) in [6.07, 6.45) is 0. The molecule has 3 aromatic rings. The van der Waals surface area contributed by atoms with E-state index in [9.17, 15) is 9.59 Å². The summed E-state index contributed by atoms with van der Waals surface area (Å²) in [7, 11) is 1.47. The molecule has 0 aliphatic heterocycles. The molecule has 3 rings (SSSR count). The van der Waals surface area contributed by atoms with Crippen LogP contribution in [0.2, 0.25) is 0 Å². The van der Waals surface area contributed by atoms with Crippen LogP contribution in [-0.2, 0) is 9.53 Å². The number of carbonyl (C=O) groups excluding carboxylic acids is 2. The van der Waals surface area contributed by atoms with Gasteiger partial charge in [-0.2, -0.15) is 10.3 Å². The van der Waals surface area contributed by atoms with Crippen molar-refractivity contribution in [2.75, 3.05) is 25.6 Å². The maximum absolute atomic E-state index is 12.3. The van der Waals surface area contributed by atoms with Crippen LogP contribution in [0, 0.1) is 6.92 Å². The second kappa shape index (κ2) is 10.1. The van der Waals surface area contributed by atoms with Gasteiger partial charge in [-0.1, -0.05) is 18.2 Å². The van der Waals surface area contributed by atoms with Crippen LogP contribution in [0.1, 0.15) is 23.0 Å². The molecule has 1 aromatic heterocycles. The van der Waals surface area contributed by atoms with E-state index < -0.39 is 5.97 Å². The lowest BCUT2D eigenvalue weighted by Gasteiger charge is -2.14. The number of hydrogen-bond donors (Lipinski definition) is 2. The van der Waals surface area contributed by atoms with Gasteiger partial charge in [0, 0.05) is 15.7 Å². The third kappa shape index (κ3) is 5.21. The number of para-hydroxylation sites is 1. The first-order valence-electron chi connectivity index (χ1n) is 9.38. The molecule has 1 heterocycles. The average Bonchev–Trinajstić information content (AvgIpc) is 3.24. The van der Waals surface area contributed by atoms with Gasteiger partial charge in [0.05, 0.1) is 13.7 Å². The van der Waals surface area contributed by atoms with Crippen LogP contribution >= 0.6 is 15.9 Å². The Kier molecular flexibility index (Phi) is 7.24. The number of halogens is 1. The van der Waals surface area contributed by atoms with Crippen molar-refractivity contribution in [1.82, 2.24) is 15.4 Å². The van der Waals surface area contributed by atoms with E-state index in [0.717, 1.165) is 11.3 Å². The smallest absolute Gasteiger partial charge is 0.361 e. The maximum Gasteiger partial charge on any atom is 0.361 e. The van der Waals surface area contributed by atoms with Crippen molar-refractivity contribution in [1.29, 1.82) is 0 Å². The highest BCUT2D eigenvalue weighted by atomic mass is 79.9. The van der Waals surface area contributed by atoms with E-state index in [-0.39, 0.29) is 24.8 Å². The van der Waals surface area contributed by atoms with Crippen molar-refractivity contribution in [3.05, 3.63) is 52.1 Å². The summed E-state index contributed by atoms with van der Waals surface area (Å²) < 4.78 is 16.7. The molecule has 0 bridgehead atoms. The van der Waals surface area contributed by atoms with Gasteiger partial charge in [0.1, 0.15) is 5.69 Å². The predicted molar refractivity (Wildman–Crippen MR) is 117 cm³/mol. The van der Waals surface area contributed by atoms with Crippen molar-refractivity contribution in [3.63, 3.8) is 0 Å². The highest BCUT2D eigenvalue weighted by Gasteiger charge is 2.23. The quantitative estimate of drug-likeness (QED) is 0.463. The van der Waals surface area contributed by atoms with Gasteiger partial charge in [-0.25, -0.2) is 4.79 Å². The second-order valence-corrected chi connectivity index (χ2v) is 7.23. The number of aromatic nitrogens is 3. The number of aryl methyl sites for hydroxylation is 1. The topological polar surface area (TPSA) is 115 Å². The van der Waals surface area contributed by atoms with Crippen molar-refractivity contribution >= 4 is 33.5 Å². The summed E-state index contributed by atoms with van der Waals surface area (Å²) in [5, 5.41) is 13.2. The molecule has 0 atom stereocenters. The van der Waals surface area contributed by atoms with Crippen LogP contribution in [0.15, 0.2) is 40.9 Å². The zero-order valence-electron chi connectivity index (χ0n) is 17.2. The molecule has 0 saturated carbocycles. The van der Waals surface area contributed by atoms with E-state index in [1.165, 1.54) is 7.11 Å². The largest absolute Gasteiger partial charge is 0.493 e. The summed E-state index contributed by atoms with van der Waals surface area (Å²) in [4.78, 5) is 24.4. The van der Waals surface area contributed by atoms with E-state index >= 15 is 0 Å². The van der Waals surface area contributed by atoms with E-state index in [1.54, 1.807) is 19.1 Å². The first kappa shape index (κ1) is 22.3. The minimum absolute atomic E-state index is 0.0517. The number of esters is 1. The minimum Gasteiger partial charge on any atom is -0.493 e. The summed E-state index contributed by atoms with van der Waals surface area (Å²) in [6.45, 7) is 3.61. The first-order valence-corrected chi connectivity index (χ1v) is 10.2. The normalized spacial score (nSPS) is 10.5. The molecule has 31 heavy (non-hydrogen) atoms. The fraction of sp³-hybridized carbons (Fsp3) is 0.238. The SMILES string of the molecule is CCOC(=O)c1n[nH]nc1-c1cc(OC)c(OCC(=O)Nc2ccccc2C)cc1Br. The number of ether oxygens (including phenoxy) is 3. The fourth-order valence-corrected chi connectivity index (χ4v) is 3.30. The third-order valence-corrected chi connectivity index (χ3v) is 4.96. The molecule has 162 valence electrons. The van der Waals surface area contributed by atoms with Crippen LogP contribution in [0.3, 0.4) is 0 Å². The van der Waals surface area contributed by atoms with Crippen molar-refractivity contribution in [3.8, 4) is 22.8 Å². The summed E-state index contributed by atoms with van der Waals surface area (Å²) in [5.41, 5.74) is 2.57. The Morgan fingerprint density at radius 3 is 2.65 bits per heavy atom. The third-order valence-electron chi connectivity index (χ3n) is 4.30. The van der Waals surface area contributed by atoms with E-state index in [0.29, 0.717) is 27.2 Å². The average molecular weight is 489 g/mol. The molecule has 0 radical (unpaired) electrons. The predicted octanol–water partition coefficient (Wildman–Crippen LogP) is 3.75. The maximum atomic E-state index is 12.3. The van der Waals surface area contributed by atoms with Gasteiger partial charge in [-0.05, 0) is 53.5 Å². The van der Waals surface area contributed by atoms with E-state index in [2.05, 4.69) is 36.7 Å². The Bertz CT molecular complexity index is 1100. The molecule has 10 heteroatoms. The van der Waals surface area contributed by atoms with Crippen LogP contribution in [0.25, 0.3) is 11.3 Å². The van der Waals surface area contributed by atoms with Gasteiger partial charge < -0.3 is 19.5 Å². The van der Waals surface area contributed by atoms with E-state index in [4.69, 9.17) is 14.2 Å². The lowest BCUT2D eigenvalue weighted by atomic mass is 10.1. The van der Waals surface area contributed by atoms with Gasteiger partial charge >= 0.3 is 5.97 Å². The standard InChI is InChI=1S/C21H21BrN4O5/c1-4-30-21(28)20-19(24-26-25-20)13-9-16(29-3)17(10-14(13)22)31-11-18(27)23-15-8-6-5-7-12(15)2/h5-10H,4,11H2,1-3H3,(H,23,27)(H,24,25,26). The summed E-state index contributed by atoms with van der Waals surface area (Å²) in [5.74, 6) is -0.193. The van der Waals surface area contributed by atoms with Gasteiger partial charge in [-0.15, -0.1) is 5.10 Å². The zero-order valence-corrected chi connectivity index (χ0v) is 18.8. The highest BCUT2D eigenvalue weighted by molar-refractivity contribution is 9.10. The fourth-order valence-electron chi connectivity index (χ4n) is 2.79. The Balaban J connectivity index is 1.79. The Hall–Kier alpha value is -3.40. The van der Waals surface area contributed by atoms with Crippen LogP contribution < -0.4 is 14.8 Å². The van der Waals surface area contributed by atoms with Crippen molar-refractivity contribution in [2.24, 2.45) is 0 Å². The number of methoxy groups -OCH3 is 1. The summed E-state index contributed by atoms with van der Waals surface area (Å²) in [6, 6.07) is 10.7. The molecule has 0 fully saturated rings. The molecule has 0 spiro atoms. The Morgan fingerprint density at radius 1 is 1.16 bits per heavy atom. The molecular weight excluding hydrogens is 468 g/mol. The molecular formula is C21H21BrN4O5. The number of hydrogen-bond acceptors (Lipinski definition) is 7. The Morgan fingerprint density at radius 2 is 1.94 bits per heavy atom. The first-order chi connectivity index (χ1) is 14.9. The molecule has 2 aromatic carbocycles. The zero-order chi connectivity index (χ0) is 22.4. The number of nitrogens with one attached hydrogen (secondary N) is 2. The van der Waals surface area contributed by atoms with Gasteiger partial charge in [0.15, 0.2) is 23.8 Å². The molecule has 0 aliphatic rings. The summed E-state index contributed by atoms with van der Waals surface area (Å²) >= 11 is 3.45. The van der Waals surface area contributed by atoms with Crippen LogP contribution in [0.5, 0.6) is 11.5 Å². The number of H-pyrrole nitrogens is 1. The highest BCUT2D eigenvalue weighted by Crippen LogP contribution is 2.38. The second-order valence-electron chi connectivity index (χ2n) is 6.38. The van der Waals surface area contributed by atoms with Crippen LogP contribution in [0.4, 0.5) is 5.69 Å². The lowest BCUT2D eigenvalue weighted by Crippen LogP contribution is -2.20. The Labute approximate surface area is 187 Å². The van der Waals surface area contributed by atoms with Crippen molar-refractivity contribution in [2.45, 2.75) is 13.8 Å². The van der Waals surface area contributed by atoms with E-state index in [1.807, 2.05) is 31.2 Å². The number of rotatable bonds is 8. The molecule has 1 amide bonds. The van der Waals surface area contributed by atoms with Gasteiger partial charge in [0.25, 0.3) is 5.91 Å². The number of anilines is 1. The number of nitrogens with zero attached hydrogens (tertiary/aromatic N) is 2. The van der Waals surface area contributed by atoms with Gasteiger partial charge in [0.2, 0.25) is 0 Å². The minimum atomic E-state index is -0.592. The van der Waals surface area contributed by atoms with Crippen molar-refractivity contribution < 1.29 is 23.8 Å². The number of benzene rings is 2. The lowest BCUT2D eigenvalue weighted by molar-refractivity contribution is -0.118. The monoisotopic (exact) mass is 488 g/mol. The number of aromatic amines is 1. The molecule has 2 N–H and O–H groups in total. The molecule has 0 aliphatic carbocycles. The molecule has 0 unspecified atom stereocenters. The van der Waals surface area contributed by atoms with Crippen LogP contribution in [-0.4, -0.2) is 47.6 Å².